The SMILES string of the molecule is COC1CCCCC1NOC(=O)CN. The van der Waals surface area contributed by atoms with E-state index in [1.807, 2.05) is 0 Å². The van der Waals surface area contributed by atoms with Gasteiger partial charge >= 0.3 is 5.97 Å². The third-order valence-corrected chi connectivity index (χ3v) is 2.50. The molecule has 1 aliphatic carbocycles. The molecule has 14 heavy (non-hydrogen) atoms. The van der Waals surface area contributed by atoms with E-state index in [1.54, 1.807) is 7.11 Å². The Morgan fingerprint density at radius 1 is 1.50 bits per heavy atom. The second-order valence-electron chi connectivity index (χ2n) is 3.46. The number of ether oxygens (including phenoxy) is 1. The Kier molecular flexibility index (Phi) is 4.86. The molecular formula is C9H18N2O3. The largest absolute Gasteiger partial charge is 0.380 e. The van der Waals surface area contributed by atoms with Crippen molar-refractivity contribution in [1.29, 1.82) is 0 Å². The molecule has 5 heteroatoms. The first kappa shape index (κ1) is 11.4. The highest BCUT2D eigenvalue weighted by atomic mass is 16.7. The monoisotopic (exact) mass is 202 g/mol. The molecule has 0 saturated heterocycles. The summed E-state index contributed by atoms with van der Waals surface area (Å²) in [6, 6.07) is 0.101. The van der Waals surface area contributed by atoms with Crippen molar-refractivity contribution in [1.82, 2.24) is 5.48 Å². The average Bonchev–Trinajstić information content (AvgIpc) is 2.26. The van der Waals surface area contributed by atoms with Gasteiger partial charge in [0, 0.05) is 7.11 Å². The number of methoxy groups -OCH3 is 1. The molecule has 0 heterocycles. The van der Waals surface area contributed by atoms with Crippen LogP contribution >= 0.6 is 0 Å². The number of hydroxylamine groups is 1. The first-order chi connectivity index (χ1) is 6.77. The zero-order chi connectivity index (χ0) is 10.4. The maximum Gasteiger partial charge on any atom is 0.338 e. The second kappa shape index (κ2) is 5.95. The summed E-state index contributed by atoms with van der Waals surface area (Å²) in [5.74, 6) is -0.439. The number of carbonyl (C=O) groups excluding carboxylic acids is 1. The van der Waals surface area contributed by atoms with Crippen molar-refractivity contribution in [3.63, 3.8) is 0 Å². The molecular weight excluding hydrogens is 184 g/mol. The van der Waals surface area contributed by atoms with E-state index in [4.69, 9.17) is 15.3 Å². The maximum atomic E-state index is 10.8. The van der Waals surface area contributed by atoms with Crippen molar-refractivity contribution >= 4 is 5.97 Å². The van der Waals surface area contributed by atoms with E-state index in [0.29, 0.717) is 0 Å². The van der Waals surface area contributed by atoms with Crippen LogP contribution in [0.2, 0.25) is 0 Å². The molecule has 1 saturated carbocycles. The van der Waals surface area contributed by atoms with Crippen LogP contribution in [0.3, 0.4) is 0 Å². The molecule has 0 aliphatic heterocycles. The molecule has 1 fully saturated rings. The van der Waals surface area contributed by atoms with Gasteiger partial charge in [-0.05, 0) is 12.8 Å². The number of nitrogens with two attached hydrogens (primary N) is 1. The quantitative estimate of drug-likeness (QED) is 0.625. The third-order valence-electron chi connectivity index (χ3n) is 2.50. The molecule has 0 amide bonds. The molecule has 0 aromatic carbocycles. The molecule has 2 atom stereocenters. The van der Waals surface area contributed by atoms with Crippen LogP contribution in [-0.4, -0.2) is 31.8 Å². The standard InChI is InChI=1S/C9H18N2O3/c1-13-8-5-3-2-4-7(8)11-14-9(12)6-10/h7-8,11H,2-6,10H2,1H3. The van der Waals surface area contributed by atoms with Gasteiger partial charge in [0.15, 0.2) is 0 Å². The lowest BCUT2D eigenvalue weighted by Gasteiger charge is -2.30. The number of hydrogen-bond donors (Lipinski definition) is 2. The van der Waals surface area contributed by atoms with Crippen LogP contribution in [-0.2, 0) is 14.4 Å². The van der Waals surface area contributed by atoms with Crippen LogP contribution < -0.4 is 11.2 Å². The highest BCUT2D eigenvalue weighted by Crippen LogP contribution is 2.20. The number of hydrogen-bond acceptors (Lipinski definition) is 5. The van der Waals surface area contributed by atoms with Crippen LogP contribution in [0.1, 0.15) is 25.7 Å². The third kappa shape index (κ3) is 3.25. The van der Waals surface area contributed by atoms with Crippen molar-refractivity contribution < 1.29 is 14.4 Å². The minimum Gasteiger partial charge on any atom is -0.380 e. The summed E-state index contributed by atoms with van der Waals surface area (Å²) in [7, 11) is 1.68. The summed E-state index contributed by atoms with van der Waals surface area (Å²) in [6.45, 7) is -0.0998. The summed E-state index contributed by atoms with van der Waals surface area (Å²) < 4.78 is 5.28. The van der Waals surface area contributed by atoms with Gasteiger partial charge in [-0.15, -0.1) is 5.48 Å². The van der Waals surface area contributed by atoms with Gasteiger partial charge in [-0.2, -0.15) is 0 Å². The molecule has 82 valence electrons. The van der Waals surface area contributed by atoms with Gasteiger partial charge in [-0.1, -0.05) is 12.8 Å². The first-order valence-corrected chi connectivity index (χ1v) is 4.96. The molecule has 0 bridgehead atoms. The van der Waals surface area contributed by atoms with Crippen molar-refractivity contribution in [3.05, 3.63) is 0 Å². The summed E-state index contributed by atoms with van der Waals surface area (Å²) in [4.78, 5) is 15.6. The summed E-state index contributed by atoms with van der Waals surface area (Å²) in [5, 5.41) is 0. The van der Waals surface area contributed by atoms with Crippen LogP contribution in [0.25, 0.3) is 0 Å². The van der Waals surface area contributed by atoms with Crippen molar-refractivity contribution in [2.24, 2.45) is 5.73 Å². The predicted molar refractivity (Wildman–Crippen MR) is 51.3 cm³/mol. The Morgan fingerprint density at radius 3 is 2.86 bits per heavy atom. The van der Waals surface area contributed by atoms with Crippen LogP contribution in [0.5, 0.6) is 0 Å². The molecule has 0 aromatic rings. The lowest BCUT2D eigenvalue weighted by molar-refractivity contribution is -0.154. The topological polar surface area (TPSA) is 73.6 Å². The van der Waals surface area contributed by atoms with Crippen molar-refractivity contribution in [3.8, 4) is 0 Å². The highest BCUT2D eigenvalue weighted by Gasteiger charge is 2.25. The predicted octanol–water partition coefficient (Wildman–Crippen LogP) is -0.0495. The summed E-state index contributed by atoms with van der Waals surface area (Å²) in [5.41, 5.74) is 7.83. The zero-order valence-corrected chi connectivity index (χ0v) is 8.49. The number of rotatable bonds is 4. The highest BCUT2D eigenvalue weighted by molar-refractivity contribution is 5.70. The summed E-state index contributed by atoms with van der Waals surface area (Å²) in [6.07, 6.45) is 4.42. The van der Waals surface area contributed by atoms with Gasteiger partial charge in [0.1, 0.15) is 0 Å². The molecule has 5 nitrogen and oxygen atoms in total. The Labute approximate surface area is 83.9 Å². The Bertz CT molecular complexity index is 187. The van der Waals surface area contributed by atoms with Crippen LogP contribution in [0, 0.1) is 0 Å². The zero-order valence-electron chi connectivity index (χ0n) is 8.49. The molecule has 1 rings (SSSR count). The Morgan fingerprint density at radius 2 is 2.21 bits per heavy atom. The van der Waals surface area contributed by atoms with Crippen molar-refractivity contribution in [2.45, 2.75) is 37.8 Å². The lowest BCUT2D eigenvalue weighted by Crippen LogP contribution is -2.44. The van der Waals surface area contributed by atoms with Gasteiger partial charge in [0.05, 0.1) is 18.7 Å². The van der Waals surface area contributed by atoms with Crippen LogP contribution in [0.4, 0.5) is 0 Å². The second-order valence-corrected chi connectivity index (χ2v) is 3.46. The van der Waals surface area contributed by atoms with Gasteiger partial charge in [0.2, 0.25) is 0 Å². The van der Waals surface area contributed by atoms with E-state index in [9.17, 15) is 4.79 Å². The van der Waals surface area contributed by atoms with Gasteiger partial charge in [-0.3, -0.25) is 0 Å². The summed E-state index contributed by atoms with van der Waals surface area (Å²) >= 11 is 0. The fourth-order valence-corrected chi connectivity index (χ4v) is 1.70. The molecule has 3 N–H and O–H groups in total. The Hall–Kier alpha value is -0.650. The fraction of sp³-hybridized carbons (Fsp3) is 0.889. The normalized spacial score (nSPS) is 27.3. The maximum absolute atomic E-state index is 10.8. The van der Waals surface area contributed by atoms with E-state index in [2.05, 4.69) is 5.48 Å². The molecule has 0 aromatic heterocycles. The van der Waals surface area contributed by atoms with Gasteiger partial charge in [0.25, 0.3) is 0 Å². The minimum atomic E-state index is -0.439. The number of nitrogens with one attached hydrogen (secondary N) is 1. The smallest absolute Gasteiger partial charge is 0.338 e. The van der Waals surface area contributed by atoms with Crippen molar-refractivity contribution in [2.75, 3.05) is 13.7 Å². The van der Waals surface area contributed by atoms with Crippen LogP contribution in [0.15, 0.2) is 0 Å². The average molecular weight is 202 g/mol. The van der Waals surface area contributed by atoms with Gasteiger partial charge in [-0.25, -0.2) is 4.79 Å². The fourth-order valence-electron chi connectivity index (χ4n) is 1.70. The van der Waals surface area contributed by atoms with E-state index < -0.39 is 5.97 Å². The minimum absolute atomic E-state index is 0.0998. The number of carbonyl (C=O) groups is 1. The van der Waals surface area contributed by atoms with E-state index >= 15 is 0 Å². The molecule has 0 spiro atoms. The Balaban J connectivity index is 2.29. The first-order valence-electron chi connectivity index (χ1n) is 4.96. The molecule has 0 radical (unpaired) electrons. The van der Waals surface area contributed by atoms with Gasteiger partial charge < -0.3 is 15.3 Å². The van der Waals surface area contributed by atoms with E-state index in [0.717, 1.165) is 19.3 Å². The lowest BCUT2D eigenvalue weighted by atomic mass is 9.93. The van der Waals surface area contributed by atoms with E-state index in [-0.39, 0.29) is 18.7 Å². The van der Waals surface area contributed by atoms with E-state index in [1.165, 1.54) is 6.42 Å². The molecule has 1 aliphatic rings. The molecule has 2 unspecified atom stereocenters.